The molecule has 0 bridgehead atoms. The van der Waals surface area contributed by atoms with Gasteiger partial charge in [0, 0.05) is 122 Å². The van der Waals surface area contributed by atoms with Crippen LogP contribution in [0.4, 0.5) is 5.13 Å². The molecule has 0 fully saturated rings. The molecule has 0 aliphatic carbocycles. The molecule has 0 aliphatic rings. The number of furan rings is 1. The second-order valence-corrected chi connectivity index (χ2v) is 43.3. The van der Waals surface area contributed by atoms with Gasteiger partial charge in [-0.05, 0) is 96.5 Å². The van der Waals surface area contributed by atoms with Gasteiger partial charge in [0.1, 0.15) is 39.4 Å². The van der Waals surface area contributed by atoms with Gasteiger partial charge in [-0.1, -0.05) is 77.3 Å². The summed E-state index contributed by atoms with van der Waals surface area (Å²) < 4.78 is 197. The number of nitrogens with one attached hydrogen (secondary N) is 8. The number of sulfonamides is 6. The lowest BCUT2D eigenvalue weighted by molar-refractivity contribution is -0.114. The fourth-order valence-electron chi connectivity index (χ4n) is 12.1. The number of imidazole rings is 1. The lowest BCUT2D eigenvalue weighted by atomic mass is 10.2. The average Bonchev–Trinajstić information content (AvgIpc) is 1.11. The highest BCUT2D eigenvalue weighted by molar-refractivity contribution is 7.92. The Hall–Kier alpha value is -15.3. The lowest BCUT2D eigenvalue weighted by Crippen LogP contribution is -2.24. The standard InChI is InChI=1S/C17H17N5O4S2.C16H14ClN5O3S.C16H15N3O4S.C15H13ClN4O3S2.C15H15N5O3S.C14H15N3O3S/c1-11(23)21-17-19-10-16(27-17)28(24,25)20-9-12-7-13(26-2)8-15(22-12)14-5-3-4-6-18-14;1-25-12-6-11(22-15(7-12)14-4-2-3-5-18-14)8-21-26(23,24)13-9-19-16(17)20-10-13;1-22-13-9-12(11-18-24(20,21)16-6-4-8-23-16)19-15(10-13)14-5-2-3-7-17-14;1-23-11-6-10(20-13(7-11)12-4-2-3-5-17-12)8-19-25(21,22)14-9-18-15(16)24-14;1-23-12-6-11(8-19-24(21,22)15-9-16-10-18-15)20-14(7-12)13-4-2-3-5-17-13;1-3-21(18,19)16-10-11-8-12(20-2)9-14(17-11)13-6-4-5-7-15-13/h3-8,10,20H,9H2,1-2H3,(H,19,21,23);2-7,9-10,21H,8H2,1H3;2-10,18H,11H2,1H3;2-7,9,19H,8H2,1H3;2-7,9-10,19H,8H2,1H3,(H,16,18);3-9,16H,1,10H2,2H3. The molecule has 17 aromatic heterocycles. The van der Waals surface area contributed by atoms with Crippen LogP contribution in [0.2, 0.25) is 9.75 Å². The first-order chi connectivity index (χ1) is 71.0. The zero-order chi connectivity index (χ0) is 106. The minimum Gasteiger partial charge on any atom is -0.497 e. The number of halogens is 2. The van der Waals surface area contributed by atoms with E-state index in [0.29, 0.717) is 137 Å². The third-order valence-corrected chi connectivity index (χ3v) is 30.1. The molecule has 17 rings (SSSR count). The van der Waals surface area contributed by atoms with Gasteiger partial charge in [0.15, 0.2) is 23.0 Å². The van der Waals surface area contributed by atoms with Crippen molar-refractivity contribution >= 4 is 117 Å². The van der Waals surface area contributed by atoms with E-state index in [0.717, 1.165) is 40.5 Å². The topological polar surface area (TPSA) is 610 Å². The SMILES string of the molecule is C=CS(=O)(=O)NCc1cc(OC)cc(-c2ccccn2)n1.COc1cc(CNS(=O)(=O)c2ccco2)nc(-c2ccccn2)c1.COc1cc(CNS(=O)(=O)c2cnc(Cl)nc2)nc(-c2ccccn2)c1.COc1cc(CNS(=O)(=O)c2cnc(Cl)s2)nc(-c2ccccn2)c1.COc1cc(CNS(=O)(=O)c2cnc(NC(C)=O)s2)nc(-c2ccccn2)c1.COc1cc(CNS(=O)(=O)c2cnc[nH]2)nc(-c2ccccn2)c1. The van der Waals surface area contributed by atoms with Gasteiger partial charge < -0.3 is 43.1 Å². The van der Waals surface area contributed by atoms with Crippen molar-refractivity contribution in [2.24, 2.45) is 0 Å². The number of aromatic nitrogens is 18. The van der Waals surface area contributed by atoms with Crippen LogP contribution in [0.15, 0.2) is 315 Å². The van der Waals surface area contributed by atoms with Crippen LogP contribution in [0, 0.1) is 0 Å². The molecule has 0 saturated heterocycles. The summed E-state index contributed by atoms with van der Waals surface area (Å²) in [5, 5.41) is 3.34. The maximum absolute atomic E-state index is 12.5. The smallest absolute Gasteiger partial charge is 0.274 e. The molecule has 55 heteroatoms. The van der Waals surface area contributed by atoms with E-state index in [-0.39, 0.29) is 83.5 Å². The van der Waals surface area contributed by atoms with E-state index in [2.05, 4.69) is 130 Å². The summed E-state index contributed by atoms with van der Waals surface area (Å²) in [7, 11) is -13.0. The molecule has 8 N–H and O–H groups in total. The van der Waals surface area contributed by atoms with Crippen LogP contribution < -0.4 is 62.1 Å². The van der Waals surface area contributed by atoms with Gasteiger partial charge in [0.05, 0.1) is 228 Å². The predicted molar refractivity (Wildman–Crippen MR) is 548 cm³/mol. The molecule has 0 aliphatic heterocycles. The molecule has 0 atom stereocenters. The molecule has 17 aromatic rings. The van der Waals surface area contributed by atoms with Crippen molar-refractivity contribution in [3.8, 4) is 103 Å². The molecule has 45 nitrogen and oxygen atoms in total. The van der Waals surface area contributed by atoms with E-state index in [9.17, 15) is 55.3 Å². The van der Waals surface area contributed by atoms with Gasteiger partial charge in [-0.15, -0.1) is 0 Å². The monoisotopic (exact) mass is 2200 g/mol. The van der Waals surface area contributed by atoms with Crippen molar-refractivity contribution in [2.45, 2.75) is 69.6 Å². The molecule has 0 radical (unpaired) electrons. The first-order valence-corrected chi connectivity index (χ1v) is 54.1. The molecule has 768 valence electrons. The van der Waals surface area contributed by atoms with Crippen LogP contribution in [-0.4, -0.2) is 189 Å². The van der Waals surface area contributed by atoms with Crippen LogP contribution >= 0.6 is 45.9 Å². The third-order valence-electron chi connectivity index (χ3n) is 19.2. The molecular weight excluding hydrogens is 2110 g/mol. The molecule has 148 heavy (non-hydrogen) atoms. The summed E-state index contributed by atoms with van der Waals surface area (Å²) in [5.74, 6) is 3.04. The number of aromatic amines is 1. The predicted octanol–water partition coefficient (Wildman–Crippen LogP) is 12.2. The van der Waals surface area contributed by atoms with Gasteiger partial charge in [-0.25, -0.2) is 134 Å². The number of H-pyrrole nitrogens is 1. The zero-order valence-electron chi connectivity index (χ0n) is 78.8. The van der Waals surface area contributed by atoms with Gasteiger partial charge in [-0.3, -0.25) is 34.7 Å². The fraction of sp³-hybridized carbons (Fsp3) is 0.140. The molecule has 0 aromatic carbocycles. The van der Waals surface area contributed by atoms with E-state index in [1.165, 1.54) is 92.9 Å². The molecule has 1 amide bonds. The van der Waals surface area contributed by atoms with Gasteiger partial charge in [0.25, 0.3) is 40.1 Å². The maximum Gasteiger partial charge on any atom is 0.274 e. The highest BCUT2D eigenvalue weighted by Gasteiger charge is 2.25. The molecule has 17 heterocycles. The zero-order valence-corrected chi connectivity index (χ0v) is 86.8. The van der Waals surface area contributed by atoms with Crippen LogP contribution in [0.5, 0.6) is 34.5 Å². The number of amides is 1. The van der Waals surface area contributed by atoms with E-state index in [1.54, 1.807) is 140 Å². The number of carbonyl (C=O) groups is 1. The Morgan fingerprint density at radius 3 is 0.946 bits per heavy atom. The fourth-order valence-corrected chi connectivity index (χ4v) is 19.9. The van der Waals surface area contributed by atoms with Crippen molar-refractivity contribution in [1.29, 1.82) is 0 Å². The number of thiazole rings is 2. The number of rotatable bonds is 37. The Labute approximate surface area is 867 Å². The minimum absolute atomic E-state index is 0.0000664. The number of pyridine rings is 12. The highest BCUT2D eigenvalue weighted by Crippen LogP contribution is 2.31. The van der Waals surface area contributed by atoms with Crippen LogP contribution in [-0.2, 0) is 104 Å². The van der Waals surface area contributed by atoms with Gasteiger partial charge >= 0.3 is 0 Å². The van der Waals surface area contributed by atoms with Crippen molar-refractivity contribution < 1.29 is 88.1 Å². The summed E-state index contributed by atoms with van der Waals surface area (Å²) in [6.07, 6.45) is 18.5. The van der Waals surface area contributed by atoms with Gasteiger partial charge in [0.2, 0.25) is 36.3 Å². The van der Waals surface area contributed by atoms with Crippen molar-refractivity contribution in [1.82, 2.24) is 118 Å². The first kappa shape index (κ1) is 111. The summed E-state index contributed by atoms with van der Waals surface area (Å²) in [5.41, 5.74) is 10.5. The minimum atomic E-state index is -3.81. The first-order valence-electron chi connectivity index (χ1n) is 42.8. The Balaban J connectivity index is 0.000000158. The number of hydrogen-bond donors (Lipinski definition) is 8. The maximum atomic E-state index is 12.5. The Kier molecular flexibility index (Phi) is 40.0. The number of anilines is 1. The van der Waals surface area contributed by atoms with E-state index >= 15 is 0 Å². The van der Waals surface area contributed by atoms with Crippen molar-refractivity contribution in [2.75, 3.05) is 48.0 Å². The Bertz CT molecular complexity index is 7890. The summed E-state index contributed by atoms with van der Waals surface area (Å²) in [6.45, 7) is 4.52. The lowest BCUT2D eigenvalue weighted by Gasteiger charge is -2.09. The molecule has 0 unspecified atom stereocenters. The van der Waals surface area contributed by atoms with E-state index in [4.69, 9.17) is 56.0 Å². The van der Waals surface area contributed by atoms with Crippen molar-refractivity contribution in [3.05, 3.63) is 331 Å². The van der Waals surface area contributed by atoms with Crippen LogP contribution in [0.3, 0.4) is 0 Å². The summed E-state index contributed by atoms with van der Waals surface area (Å²) >= 11 is 13.0. The van der Waals surface area contributed by atoms with E-state index < -0.39 is 60.1 Å². The summed E-state index contributed by atoms with van der Waals surface area (Å²) in [6, 6.07) is 56.0. The van der Waals surface area contributed by atoms with E-state index in [1.807, 2.05) is 78.9 Å². The second kappa shape index (κ2) is 53.2. The van der Waals surface area contributed by atoms with Crippen LogP contribution in [0.25, 0.3) is 68.3 Å². The number of ether oxygens (including phenoxy) is 6. The van der Waals surface area contributed by atoms with Gasteiger partial charge in [-0.2, -0.15) is 0 Å². The number of methoxy groups -OCH3 is 6. The number of hydrogen-bond acceptors (Lipinski definition) is 39. The summed E-state index contributed by atoms with van der Waals surface area (Å²) in [4.78, 5) is 84.3. The van der Waals surface area contributed by atoms with Crippen LogP contribution in [0.1, 0.15) is 41.1 Å². The molecule has 0 saturated carbocycles. The Morgan fingerprint density at radius 2 is 0.669 bits per heavy atom. The highest BCUT2D eigenvalue weighted by atomic mass is 35.5. The number of carbonyl (C=O) groups excluding carboxylic acids is 1. The average molecular weight is 2200 g/mol. The Morgan fingerprint density at radius 1 is 0.358 bits per heavy atom. The number of nitrogens with zero attached hydrogens (tertiary/aromatic N) is 17. The van der Waals surface area contributed by atoms with Crippen molar-refractivity contribution in [3.63, 3.8) is 0 Å². The molecular formula is C93H89Cl2N25O20S8. The second-order valence-electron chi connectivity index (χ2n) is 29.4. The quantitative estimate of drug-likeness (QED) is 0.0168. The normalized spacial score (nSPS) is 11.3. The largest absolute Gasteiger partial charge is 0.497 e. The third kappa shape index (κ3) is 33.6. The molecule has 0 spiro atoms.